The van der Waals surface area contributed by atoms with Crippen LogP contribution in [0.2, 0.25) is 0 Å². The van der Waals surface area contributed by atoms with Crippen molar-refractivity contribution >= 4 is 21.9 Å². The zero-order valence-electron chi connectivity index (χ0n) is 16.7. The van der Waals surface area contributed by atoms with Crippen molar-refractivity contribution in [3.8, 4) is 0 Å². The number of amides is 1. The van der Waals surface area contributed by atoms with Gasteiger partial charge in [0, 0.05) is 13.1 Å². The number of hydrogen-bond donors (Lipinski definition) is 1. The van der Waals surface area contributed by atoms with E-state index in [9.17, 15) is 18.0 Å². The van der Waals surface area contributed by atoms with Gasteiger partial charge in [0.25, 0.3) is 0 Å². The Morgan fingerprint density at radius 1 is 1.18 bits per heavy atom. The molecule has 1 aromatic carbocycles. The van der Waals surface area contributed by atoms with E-state index in [4.69, 9.17) is 9.47 Å². The van der Waals surface area contributed by atoms with Crippen LogP contribution in [0.25, 0.3) is 0 Å². The molecule has 1 saturated heterocycles. The molecule has 0 bridgehead atoms. The fourth-order valence-corrected chi connectivity index (χ4v) is 3.90. The van der Waals surface area contributed by atoms with Gasteiger partial charge in [-0.3, -0.25) is 9.59 Å². The van der Waals surface area contributed by atoms with Crippen LogP contribution in [0.3, 0.4) is 0 Å². The third-order valence-corrected chi connectivity index (χ3v) is 5.53. The van der Waals surface area contributed by atoms with Gasteiger partial charge in [0.2, 0.25) is 15.9 Å². The highest BCUT2D eigenvalue weighted by Gasteiger charge is 2.33. The van der Waals surface area contributed by atoms with Gasteiger partial charge in [-0.15, -0.1) is 0 Å². The minimum absolute atomic E-state index is 0.0297. The summed E-state index contributed by atoms with van der Waals surface area (Å²) in [7, 11) is -3.99. The fraction of sp³-hybridized carbons (Fsp3) is 0.579. The highest BCUT2D eigenvalue weighted by molar-refractivity contribution is 7.89. The molecule has 1 fully saturated rings. The second-order valence-electron chi connectivity index (χ2n) is 7.72. The van der Waals surface area contributed by atoms with Crippen LogP contribution in [-0.2, 0) is 29.1 Å². The van der Waals surface area contributed by atoms with Crippen LogP contribution in [0, 0.1) is 6.92 Å². The Kier molecular flexibility index (Phi) is 7.19. The van der Waals surface area contributed by atoms with E-state index in [0.717, 1.165) is 5.56 Å². The normalized spacial score (nSPS) is 16.5. The van der Waals surface area contributed by atoms with E-state index < -0.39 is 40.0 Å². The number of sulfonamides is 1. The van der Waals surface area contributed by atoms with E-state index in [1.165, 1.54) is 17.0 Å². The van der Waals surface area contributed by atoms with Crippen LogP contribution in [0.4, 0.5) is 0 Å². The molecule has 1 N–H and O–H groups in total. The second kappa shape index (κ2) is 9.02. The Labute approximate surface area is 166 Å². The van der Waals surface area contributed by atoms with Gasteiger partial charge in [0.05, 0.1) is 24.5 Å². The number of ether oxygens (including phenoxy) is 2. The molecule has 0 aliphatic carbocycles. The molecule has 1 aliphatic rings. The van der Waals surface area contributed by atoms with Crippen LogP contribution < -0.4 is 4.72 Å². The van der Waals surface area contributed by atoms with Gasteiger partial charge in [0.15, 0.2) is 0 Å². The molecule has 0 unspecified atom stereocenters. The van der Waals surface area contributed by atoms with Crippen molar-refractivity contribution < 1.29 is 27.5 Å². The zero-order chi connectivity index (χ0) is 20.9. The van der Waals surface area contributed by atoms with Crippen LogP contribution >= 0.6 is 0 Å². The van der Waals surface area contributed by atoms with Gasteiger partial charge in [-0.2, -0.15) is 4.72 Å². The van der Waals surface area contributed by atoms with E-state index in [1.54, 1.807) is 32.9 Å². The van der Waals surface area contributed by atoms with Crippen molar-refractivity contribution in [2.24, 2.45) is 0 Å². The summed E-state index contributed by atoms with van der Waals surface area (Å²) < 4.78 is 38.4. The topological polar surface area (TPSA) is 102 Å². The number of rotatable bonds is 6. The van der Waals surface area contributed by atoms with Crippen LogP contribution in [0.15, 0.2) is 29.2 Å². The molecule has 1 atom stereocenters. The number of carbonyl (C=O) groups excluding carboxylic acids is 2. The predicted octanol–water partition coefficient (Wildman–Crippen LogP) is 1.23. The van der Waals surface area contributed by atoms with Crippen molar-refractivity contribution in [3.05, 3.63) is 29.8 Å². The first-order valence-electron chi connectivity index (χ1n) is 9.15. The van der Waals surface area contributed by atoms with E-state index >= 15 is 0 Å². The monoisotopic (exact) mass is 412 g/mol. The molecule has 156 valence electrons. The molecule has 28 heavy (non-hydrogen) atoms. The Bertz CT molecular complexity index is 793. The first-order chi connectivity index (χ1) is 13.0. The molecule has 1 aromatic rings. The highest BCUT2D eigenvalue weighted by atomic mass is 32.2. The average molecular weight is 413 g/mol. The fourth-order valence-electron chi connectivity index (χ4n) is 2.71. The molecular weight excluding hydrogens is 384 g/mol. The number of nitrogens with one attached hydrogen (secondary N) is 1. The van der Waals surface area contributed by atoms with E-state index in [2.05, 4.69) is 4.72 Å². The molecule has 0 aromatic heterocycles. The maximum Gasteiger partial charge on any atom is 0.308 e. The van der Waals surface area contributed by atoms with Gasteiger partial charge in [-0.05, 0) is 39.8 Å². The third kappa shape index (κ3) is 6.57. The number of morpholine rings is 1. The van der Waals surface area contributed by atoms with Gasteiger partial charge in [-0.25, -0.2) is 8.42 Å². The maximum atomic E-state index is 12.9. The number of esters is 1. The minimum Gasteiger partial charge on any atom is -0.460 e. The Balaban J connectivity index is 2.22. The maximum absolute atomic E-state index is 12.9. The molecule has 8 nitrogen and oxygen atoms in total. The lowest BCUT2D eigenvalue weighted by atomic mass is 10.1. The molecule has 0 saturated carbocycles. The van der Waals surface area contributed by atoms with Crippen molar-refractivity contribution in [2.75, 3.05) is 26.3 Å². The first-order valence-corrected chi connectivity index (χ1v) is 10.6. The lowest BCUT2D eigenvalue weighted by molar-refractivity contribution is -0.157. The summed E-state index contributed by atoms with van der Waals surface area (Å²) in [6.45, 7) is 8.40. The molecule has 1 aliphatic heterocycles. The SMILES string of the molecule is Cc1ccc(S(=O)(=O)N[C@@H](CC(=O)OC(C)(C)C)C(=O)N2CCOCC2)cc1. The Hall–Kier alpha value is -1.97. The van der Waals surface area contributed by atoms with Gasteiger partial charge >= 0.3 is 5.97 Å². The van der Waals surface area contributed by atoms with Crippen molar-refractivity contribution in [2.45, 2.75) is 50.7 Å². The lowest BCUT2D eigenvalue weighted by Gasteiger charge is -2.31. The van der Waals surface area contributed by atoms with Gasteiger partial charge < -0.3 is 14.4 Å². The van der Waals surface area contributed by atoms with E-state index in [1.807, 2.05) is 6.92 Å². The molecule has 9 heteroatoms. The smallest absolute Gasteiger partial charge is 0.308 e. The molecule has 1 amide bonds. The van der Waals surface area contributed by atoms with Gasteiger partial charge in [0.1, 0.15) is 11.6 Å². The number of aryl methyl sites for hydroxylation is 1. The number of nitrogens with zero attached hydrogens (tertiary/aromatic N) is 1. The van der Waals surface area contributed by atoms with Crippen LogP contribution in [0.1, 0.15) is 32.8 Å². The summed E-state index contributed by atoms with van der Waals surface area (Å²) in [5.74, 6) is -1.12. The van der Waals surface area contributed by atoms with Crippen LogP contribution in [-0.4, -0.2) is 63.1 Å². The summed E-state index contributed by atoms with van der Waals surface area (Å²) in [5, 5.41) is 0. The van der Waals surface area contributed by atoms with Crippen LogP contribution in [0.5, 0.6) is 0 Å². The van der Waals surface area contributed by atoms with Crippen molar-refractivity contribution in [1.29, 1.82) is 0 Å². The second-order valence-corrected chi connectivity index (χ2v) is 9.43. The summed E-state index contributed by atoms with van der Waals surface area (Å²) in [6.07, 6.45) is -0.390. The number of benzene rings is 1. The Morgan fingerprint density at radius 3 is 2.29 bits per heavy atom. The molecule has 1 heterocycles. The van der Waals surface area contributed by atoms with Crippen molar-refractivity contribution in [1.82, 2.24) is 9.62 Å². The molecule has 0 radical (unpaired) electrons. The Morgan fingerprint density at radius 2 is 1.75 bits per heavy atom. The van der Waals surface area contributed by atoms with Crippen molar-refractivity contribution in [3.63, 3.8) is 0 Å². The molecule has 2 rings (SSSR count). The first kappa shape index (κ1) is 22.3. The number of hydrogen-bond acceptors (Lipinski definition) is 6. The lowest BCUT2D eigenvalue weighted by Crippen LogP contribution is -2.52. The summed E-state index contributed by atoms with van der Waals surface area (Å²) in [4.78, 5) is 26.7. The van der Waals surface area contributed by atoms with E-state index in [-0.39, 0.29) is 4.90 Å². The standard InChI is InChI=1S/C19H28N2O6S/c1-14-5-7-15(8-6-14)28(24,25)20-16(13-17(22)27-19(2,3)4)18(23)21-9-11-26-12-10-21/h5-8,16,20H,9-13H2,1-4H3/t16-/m0/s1. The summed E-state index contributed by atoms with van der Waals surface area (Å²) in [6, 6.07) is 5.00. The zero-order valence-corrected chi connectivity index (χ0v) is 17.5. The third-order valence-electron chi connectivity index (χ3n) is 4.04. The molecular formula is C19H28N2O6S. The minimum atomic E-state index is -3.99. The van der Waals surface area contributed by atoms with Gasteiger partial charge in [-0.1, -0.05) is 17.7 Å². The highest BCUT2D eigenvalue weighted by Crippen LogP contribution is 2.15. The predicted molar refractivity (Wildman–Crippen MR) is 103 cm³/mol. The quantitative estimate of drug-likeness (QED) is 0.705. The average Bonchev–Trinajstić information content (AvgIpc) is 2.60. The molecule has 0 spiro atoms. The number of carbonyl (C=O) groups is 2. The largest absolute Gasteiger partial charge is 0.460 e. The van der Waals surface area contributed by atoms with E-state index in [0.29, 0.717) is 26.3 Å². The summed E-state index contributed by atoms with van der Waals surface area (Å²) >= 11 is 0. The summed E-state index contributed by atoms with van der Waals surface area (Å²) in [5.41, 5.74) is 0.174.